The van der Waals surface area contributed by atoms with E-state index in [1.54, 1.807) is 29.3 Å². The van der Waals surface area contributed by atoms with Gasteiger partial charge in [0.2, 0.25) is 5.91 Å². The van der Waals surface area contributed by atoms with Crippen molar-refractivity contribution in [2.45, 2.75) is 6.92 Å². The Labute approximate surface area is 194 Å². The van der Waals surface area contributed by atoms with E-state index in [0.29, 0.717) is 11.3 Å². The monoisotopic (exact) mass is 453 g/mol. The van der Waals surface area contributed by atoms with Crippen molar-refractivity contribution in [1.29, 1.82) is 0 Å². The minimum Gasteiger partial charge on any atom is -0.465 e. The Hall–Kier alpha value is -4.30. The number of carbonyl (C=O) groups excluding carboxylic acids is 1. The number of rotatable bonds is 4. The van der Waals surface area contributed by atoms with Gasteiger partial charge in [0.15, 0.2) is 5.11 Å². The molecular formula is C25H19N5O2S. The molecule has 0 spiro atoms. The summed E-state index contributed by atoms with van der Waals surface area (Å²) in [6.07, 6.45) is 4.47. The molecule has 8 heteroatoms. The molecule has 2 N–H and O–H groups in total. The molecule has 5 aromatic rings. The van der Waals surface area contributed by atoms with Gasteiger partial charge in [0, 0.05) is 17.1 Å². The molecule has 3 aromatic carbocycles. The van der Waals surface area contributed by atoms with Crippen molar-refractivity contribution in [3.8, 4) is 5.69 Å². The summed E-state index contributed by atoms with van der Waals surface area (Å²) in [5.74, 6) is 0.226. The average molecular weight is 454 g/mol. The second-order valence-corrected chi connectivity index (χ2v) is 7.84. The molecule has 0 fully saturated rings. The summed E-state index contributed by atoms with van der Waals surface area (Å²) in [6, 6.07) is 21.5. The summed E-state index contributed by atoms with van der Waals surface area (Å²) in [5.41, 5.74) is 4.05. The van der Waals surface area contributed by atoms with Crippen LogP contribution in [0.2, 0.25) is 0 Å². The zero-order chi connectivity index (χ0) is 22.8. The summed E-state index contributed by atoms with van der Waals surface area (Å²) in [4.78, 5) is 13.8. The topological polar surface area (TPSA) is 85.0 Å². The van der Waals surface area contributed by atoms with Gasteiger partial charge in [-0.15, -0.1) is 15.0 Å². The van der Waals surface area contributed by atoms with Gasteiger partial charge >= 0.3 is 0 Å². The minimum atomic E-state index is -0.357. The van der Waals surface area contributed by atoms with Crippen molar-refractivity contribution in [3.63, 3.8) is 0 Å². The summed E-state index contributed by atoms with van der Waals surface area (Å²) >= 11 is 5.30. The van der Waals surface area contributed by atoms with Crippen molar-refractivity contribution < 1.29 is 9.21 Å². The van der Waals surface area contributed by atoms with E-state index in [4.69, 9.17) is 16.6 Å². The van der Waals surface area contributed by atoms with Crippen LogP contribution in [0.3, 0.4) is 0 Å². The Balaban J connectivity index is 1.37. The number of fused-ring (bicyclic) bond motifs is 2. The Morgan fingerprint density at radius 1 is 1.03 bits per heavy atom. The molecule has 0 bridgehead atoms. The van der Waals surface area contributed by atoms with Gasteiger partial charge in [-0.2, -0.15) is 0 Å². The van der Waals surface area contributed by atoms with Gasteiger partial charge in [0.25, 0.3) is 0 Å². The number of aromatic nitrogens is 3. The van der Waals surface area contributed by atoms with E-state index in [9.17, 15) is 4.79 Å². The van der Waals surface area contributed by atoms with Crippen molar-refractivity contribution in [1.82, 2.24) is 20.3 Å². The van der Waals surface area contributed by atoms with Crippen LogP contribution in [-0.2, 0) is 4.79 Å². The number of furan rings is 1. The molecule has 2 heterocycles. The zero-order valence-electron chi connectivity index (χ0n) is 17.6. The fourth-order valence-corrected chi connectivity index (χ4v) is 3.75. The molecular weight excluding hydrogens is 434 g/mol. The van der Waals surface area contributed by atoms with Crippen LogP contribution in [0.15, 0.2) is 83.5 Å². The number of aryl methyl sites for hydroxylation is 1. The van der Waals surface area contributed by atoms with Gasteiger partial charge in [-0.3, -0.25) is 10.1 Å². The maximum atomic E-state index is 12.1. The number of hydrogen-bond donors (Lipinski definition) is 2. The molecule has 5 rings (SSSR count). The first-order valence-electron chi connectivity index (χ1n) is 10.3. The predicted octanol–water partition coefficient (Wildman–Crippen LogP) is 5.00. The highest BCUT2D eigenvalue weighted by atomic mass is 32.1. The number of carbonyl (C=O) groups is 1. The number of nitrogens with one attached hydrogen (secondary N) is 2. The molecule has 1 amide bonds. The molecule has 0 saturated carbocycles. The normalized spacial score (nSPS) is 11.3. The average Bonchev–Trinajstić information content (AvgIpc) is 3.47. The van der Waals surface area contributed by atoms with Crippen molar-refractivity contribution >= 4 is 56.8 Å². The molecule has 33 heavy (non-hydrogen) atoms. The van der Waals surface area contributed by atoms with Crippen molar-refractivity contribution in [2.24, 2.45) is 0 Å². The third-order valence-electron chi connectivity index (χ3n) is 5.14. The quantitative estimate of drug-likeness (QED) is 0.294. The molecule has 0 aliphatic rings. The SMILES string of the molecule is Cc1cc2nn(-c3cccc4ccccc34)nc2cc1NC(=S)NC(=O)/C=C/c1ccco1. The highest BCUT2D eigenvalue weighted by Gasteiger charge is 2.12. The largest absolute Gasteiger partial charge is 0.465 e. The number of thiocarbonyl (C=S) groups is 1. The van der Waals surface area contributed by atoms with Gasteiger partial charge in [0.1, 0.15) is 16.8 Å². The Morgan fingerprint density at radius 2 is 1.82 bits per heavy atom. The molecule has 0 atom stereocenters. The molecule has 0 unspecified atom stereocenters. The fraction of sp³-hybridized carbons (Fsp3) is 0.0400. The maximum absolute atomic E-state index is 12.1. The molecule has 162 valence electrons. The third-order valence-corrected chi connectivity index (χ3v) is 5.34. The van der Waals surface area contributed by atoms with Gasteiger partial charge in [-0.1, -0.05) is 36.4 Å². The van der Waals surface area contributed by atoms with Gasteiger partial charge in [-0.05, 0) is 66.5 Å². The van der Waals surface area contributed by atoms with Crippen LogP contribution in [0.4, 0.5) is 5.69 Å². The summed E-state index contributed by atoms with van der Waals surface area (Å²) in [5, 5.41) is 17.4. The third kappa shape index (κ3) is 4.37. The lowest BCUT2D eigenvalue weighted by atomic mass is 10.1. The first kappa shape index (κ1) is 20.6. The van der Waals surface area contributed by atoms with Crippen LogP contribution >= 0.6 is 12.2 Å². The van der Waals surface area contributed by atoms with Crippen LogP contribution in [0.25, 0.3) is 33.6 Å². The first-order chi connectivity index (χ1) is 16.1. The number of anilines is 1. The Morgan fingerprint density at radius 3 is 2.64 bits per heavy atom. The summed E-state index contributed by atoms with van der Waals surface area (Å²) < 4.78 is 5.17. The Kier molecular flexibility index (Phi) is 5.42. The summed E-state index contributed by atoms with van der Waals surface area (Å²) in [6.45, 7) is 1.94. The standard InChI is InChI=1S/C25H19N5O2S/c1-16-14-21-22(29-30(28-21)23-10-4-7-17-6-2-3-9-19(17)23)15-20(16)26-25(33)27-24(31)12-11-18-8-5-13-32-18/h2-15H,1H3,(H2,26,27,31,33)/b12-11+. The van der Waals surface area contributed by atoms with E-state index < -0.39 is 0 Å². The lowest BCUT2D eigenvalue weighted by molar-refractivity contribution is -0.115. The molecule has 7 nitrogen and oxygen atoms in total. The second kappa shape index (κ2) is 8.68. The maximum Gasteiger partial charge on any atom is 0.250 e. The lowest BCUT2D eigenvalue weighted by Crippen LogP contribution is -2.33. The smallest absolute Gasteiger partial charge is 0.250 e. The van der Waals surface area contributed by atoms with E-state index in [1.807, 2.05) is 43.3 Å². The molecule has 2 aromatic heterocycles. The second-order valence-electron chi connectivity index (χ2n) is 7.44. The molecule has 0 aliphatic heterocycles. The van der Waals surface area contributed by atoms with Crippen LogP contribution in [-0.4, -0.2) is 26.0 Å². The molecule has 0 radical (unpaired) electrons. The highest BCUT2D eigenvalue weighted by molar-refractivity contribution is 7.80. The number of hydrogen-bond acceptors (Lipinski definition) is 5. The van der Waals surface area contributed by atoms with Crippen LogP contribution in [0.5, 0.6) is 0 Å². The Bertz CT molecular complexity index is 1510. The van der Waals surface area contributed by atoms with E-state index in [0.717, 1.165) is 33.2 Å². The van der Waals surface area contributed by atoms with E-state index in [2.05, 4.69) is 39.0 Å². The van der Waals surface area contributed by atoms with Crippen LogP contribution < -0.4 is 10.6 Å². The van der Waals surface area contributed by atoms with Crippen LogP contribution in [0.1, 0.15) is 11.3 Å². The van der Waals surface area contributed by atoms with E-state index in [-0.39, 0.29) is 11.0 Å². The highest BCUT2D eigenvalue weighted by Crippen LogP contribution is 2.25. The number of amides is 1. The van der Waals surface area contributed by atoms with E-state index in [1.165, 1.54) is 6.08 Å². The predicted molar refractivity (Wildman–Crippen MR) is 133 cm³/mol. The van der Waals surface area contributed by atoms with Crippen LogP contribution in [0, 0.1) is 6.92 Å². The fourth-order valence-electron chi connectivity index (χ4n) is 3.54. The lowest BCUT2D eigenvalue weighted by Gasteiger charge is -2.10. The summed E-state index contributed by atoms with van der Waals surface area (Å²) in [7, 11) is 0. The van der Waals surface area contributed by atoms with Gasteiger partial charge in [0.05, 0.1) is 12.0 Å². The molecule has 0 aliphatic carbocycles. The zero-order valence-corrected chi connectivity index (χ0v) is 18.5. The van der Waals surface area contributed by atoms with E-state index >= 15 is 0 Å². The van der Waals surface area contributed by atoms with Crippen molar-refractivity contribution in [2.75, 3.05) is 5.32 Å². The van der Waals surface area contributed by atoms with Gasteiger partial charge in [-0.25, -0.2) is 0 Å². The van der Waals surface area contributed by atoms with Crippen molar-refractivity contribution in [3.05, 3.63) is 90.4 Å². The first-order valence-corrected chi connectivity index (χ1v) is 10.7. The minimum absolute atomic E-state index is 0.188. The number of nitrogens with zero attached hydrogens (tertiary/aromatic N) is 3. The van der Waals surface area contributed by atoms with Gasteiger partial charge < -0.3 is 9.73 Å². The number of benzene rings is 3. The molecule has 0 saturated heterocycles.